The molecule has 0 aromatic carbocycles. The van der Waals surface area contributed by atoms with Crippen molar-refractivity contribution in [2.45, 2.75) is 57.6 Å². The fraction of sp³-hybridized carbons (Fsp3) is 0.938. The smallest absolute Gasteiger partial charge is 0.328 e. The Hall–Kier alpha value is -0.610. The van der Waals surface area contributed by atoms with Gasteiger partial charge in [0.15, 0.2) is 0 Å². The van der Waals surface area contributed by atoms with E-state index in [1.165, 1.54) is 13.5 Å². The molecule has 4 nitrogen and oxygen atoms in total. The number of carbonyl (C=O) groups is 1. The minimum Gasteiger partial charge on any atom is -0.468 e. The molecule has 0 bridgehead atoms. The van der Waals surface area contributed by atoms with Gasteiger partial charge >= 0.3 is 5.97 Å². The SMILES string of the molecule is CNC(COC1CCC(C)C(C)C1)(C(=O)OC)C1CC1. The van der Waals surface area contributed by atoms with Crippen LogP contribution in [0.1, 0.15) is 46.0 Å². The number of hydrogen-bond donors (Lipinski definition) is 1. The van der Waals surface area contributed by atoms with Crippen molar-refractivity contribution in [3.05, 3.63) is 0 Å². The molecule has 0 saturated heterocycles. The molecule has 2 fully saturated rings. The lowest BCUT2D eigenvalue weighted by Gasteiger charge is -2.36. The number of rotatable bonds is 6. The summed E-state index contributed by atoms with van der Waals surface area (Å²) in [7, 11) is 3.30. The predicted octanol–water partition coefficient (Wildman–Crippen LogP) is 2.37. The van der Waals surface area contributed by atoms with Gasteiger partial charge in [-0.15, -0.1) is 0 Å². The molecular formula is C16H29NO3. The molecule has 2 rings (SSSR count). The van der Waals surface area contributed by atoms with E-state index in [9.17, 15) is 4.79 Å². The third-order valence-corrected chi connectivity index (χ3v) is 5.37. The fourth-order valence-electron chi connectivity index (χ4n) is 3.38. The molecular weight excluding hydrogens is 254 g/mol. The zero-order valence-corrected chi connectivity index (χ0v) is 13.3. The van der Waals surface area contributed by atoms with Crippen molar-refractivity contribution in [2.75, 3.05) is 20.8 Å². The summed E-state index contributed by atoms with van der Waals surface area (Å²) in [5.74, 6) is 1.67. The second-order valence-electron chi connectivity index (χ2n) is 6.69. The molecule has 2 aliphatic rings. The van der Waals surface area contributed by atoms with Gasteiger partial charge in [0, 0.05) is 0 Å². The lowest BCUT2D eigenvalue weighted by Crippen LogP contribution is -2.57. The molecule has 0 aliphatic heterocycles. The van der Waals surface area contributed by atoms with Crippen molar-refractivity contribution in [3.8, 4) is 0 Å². The number of esters is 1. The maximum absolute atomic E-state index is 12.2. The van der Waals surface area contributed by atoms with Gasteiger partial charge < -0.3 is 14.8 Å². The molecule has 4 atom stereocenters. The van der Waals surface area contributed by atoms with Gasteiger partial charge in [-0.25, -0.2) is 4.79 Å². The van der Waals surface area contributed by atoms with Crippen LogP contribution in [0.25, 0.3) is 0 Å². The van der Waals surface area contributed by atoms with E-state index >= 15 is 0 Å². The van der Waals surface area contributed by atoms with Gasteiger partial charge in [0.25, 0.3) is 0 Å². The highest BCUT2D eigenvalue weighted by Crippen LogP contribution is 2.41. The van der Waals surface area contributed by atoms with E-state index in [1.807, 2.05) is 7.05 Å². The quantitative estimate of drug-likeness (QED) is 0.760. The van der Waals surface area contributed by atoms with Crippen molar-refractivity contribution in [1.29, 1.82) is 0 Å². The molecule has 0 heterocycles. The maximum atomic E-state index is 12.2. The predicted molar refractivity (Wildman–Crippen MR) is 78.4 cm³/mol. The third kappa shape index (κ3) is 3.17. The summed E-state index contributed by atoms with van der Waals surface area (Å²) in [4.78, 5) is 12.2. The molecule has 1 N–H and O–H groups in total. The van der Waals surface area contributed by atoms with Gasteiger partial charge in [-0.3, -0.25) is 0 Å². The van der Waals surface area contributed by atoms with E-state index in [0.29, 0.717) is 18.4 Å². The molecule has 2 saturated carbocycles. The lowest BCUT2D eigenvalue weighted by atomic mass is 9.80. The molecule has 2 aliphatic carbocycles. The summed E-state index contributed by atoms with van der Waals surface area (Å²) >= 11 is 0. The highest BCUT2D eigenvalue weighted by Gasteiger charge is 2.51. The summed E-state index contributed by atoms with van der Waals surface area (Å²) in [6, 6.07) is 0. The van der Waals surface area contributed by atoms with E-state index < -0.39 is 5.54 Å². The Morgan fingerprint density at radius 3 is 2.40 bits per heavy atom. The van der Waals surface area contributed by atoms with E-state index in [2.05, 4.69) is 19.2 Å². The number of carbonyl (C=O) groups excluding carboxylic acids is 1. The largest absolute Gasteiger partial charge is 0.468 e. The first-order valence-electron chi connectivity index (χ1n) is 7.92. The summed E-state index contributed by atoms with van der Waals surface area (Å²) < 4.78 is 11.1. The molecule has 0 spiro atoms. The molecule has 116 valence electrons. The van der Waals surface area contributed by atoms with Crippen LogP contribution in [-0.2, 0) is 14.3 Å². The summed E-state index contributed by atoms with van der Waals surface area (Å²) in [6.45, 7) is 5.05. The van der Waals surface area contributed by atoms with Crippen LogP contribution >= 0.6 is 0 Å². The Morgan fingerprint density at radius 2 is 1.90 bits per heavy atom. The number of likely N-dealkylation sites (N-methyl/N-ethyl adjacent to an activating group) is 1. The number of methoxy groups -OCH3 is 1. The first kappa shape index (κ1) is 15.8. The monoisotopic (exact) mass is 283 g/mol. The van der Waals surface area contributed by atoms with Crippen LogP contribution in [0.2, 0.25) is 0 Å². The van der Waals surface area contributed by atoms with Crippen LogP contribution in [-0.4, -0.2) is 38.4 Å². The van der Waals surface area contributed by atoms with Gasteiger partial charge in [-0.1, -0.05) is 13.8 Å². The highest BCUT2D eigenvalue weighted by atomic mass is 16.5. The van der Waals surface area contributed by atoms with Crippen molar-refractivity contribution in [2.24, 2.45) is 17.8 Å². The third-order valence-electron chi connectivity index (χ3n) is 5.37. The van der Waals surface area contributed by atoms with Crippen LogP contribution in [0.15, 0.2) is 0 Å². The van der Waals surface area contributed by atoms with Crippen molar-refractivity contribution < 1.29 is 14.3 Å². The van der Waals surface area contributed by atoms with E-state index in [0.717, 1.165) is 31.6 Å². The number of nitrogens with one attached hydrogen (secondary N) is 1. The molecule has 4 heteroatoms. The standard InChI is InChI=1S/C16H29NO3/c1-11-5-8-14(9-12(11)2)20-10-16(17-3,13-6-7-13)15(18)19-4/h11-14,17H,5-10H2,1-4H3. The van der Waals surface area contributed by atoms with Crippen LogP contribution < -0.4 is 5.32 Å². The van der Waals surface area contributed by atoms with Gasteiger partial charge in [0.1, 0.15) is 5.54 Å². The molecule has 0 aromatic rings. The second-order valence-corrected chi connectivity index (χ2v) is 6.69. The molecule has 4 unspecified atom stereocenters. The molecule has 0 aromatic heterocycles. The number of hydrogen-bond acceptors (Lipinski definition) is 4. The topological polar surface area (TPSA) is 47.6 Å². The van der Waals surface area contributed by atoms with Gasteiger partial charge in [-0.05, 0) is 56.9 Å². The average Bonchev–Trinajstić information content (AvgIpc) is 3.28. The summed E-state index contributed by atoms with van der Waals surface area (Å²) in [6.07, 6.45) is 5.89. The van der Waals surface area contributed by atoms with Crippen molar-refractivity contribution in [3.63, 3.8) is 0 Å². The van der Waals surface area contributed by atoms with Crippen LogP contribution in [0.4, 0.5) is 0 Å². The Labute approximate surface area is 122 Å². The van der Waals surface area contributed by atoms with Crippen LogP contribution in [0.5, 0.6) is 0 Å². The minimum absolute atomic E-state index is 0.181. The normalized spacial score (nSPS) is 33.5. The zero-order valence-electron chi connectivity index (χ0n) is 13.3. The molecule has 20 heavy (non-hydrogen) atoms. The summed E-state index contributed by atoms with van der Waals surface area (Å²) in [5, 5.41) is 3.19. The minimum atomic E-state index is -0.638. The Balaban J connectivity index is 1.94. The van der Waals surface area contributed by atoms with E-state index in [1.54, 1.807) is 0 Å². The average molecular weight is 283 g/mol. The first-order valence-corrected chi connectivity index (χ1v) is 7.92. The fourth-order valence-corrected chi connectivity index (χ4v) is 3.38. The van der Waals surface area contributed by atoms with Gasteiger partial charge in [0.2, 0.25) is 0 Å². The van der Waals surface area contributed by atoms with E-state index in [-0.39, 0.29) is 12.1 Å². The highest BCUT2D eigenvalue weighted by molar-refractivity contribution is 5.82. The van der Waals surface area contributed by atoms with Crippen molar-refractivity contribution >= 4 is 5.97 Å². The van der Waals surface area contributed by atoms with Crippen LogP contribution in [0.3, 0.4) is 0 Å². The summed E-state index contributed by atoms with van der Waals surface area (Å²) in [5.41, 5.74) is -0.638. The zero-order chi connectivity index (χ0) is 14.8. The lowest BCUT2D eigenvalue weighted by molar-refractivity contribution is -0.154. The van der Waals surface area contributed by atoms with Crippen LogP contribution in [0, 0.1) is 17.8 Å². The second kappa shape index (κ2) is 6.44. The maximum Gasteiger partial charge on any atom is 0.328 e. The van der Waals surface area contributed by atoms with Crippen molar-refractivity contribution in [1.82, 2.24) is 5.32 Å². The van der Waals surface area contributed by atoms with Gasteiger partial charge in [-0.2, -0.15) is 0 Å². The Kier molecular flexibility index (Phi) is 5.08. The van der Waals surface area contributed by atoms with Gasteiger partial charge in [0.05, 0.1) is 19.8 Å². The van der Waals surface area contributed by atoms with E-state index in [4.69, 9.17) is 9.47 Å². The molecule has 0 amide bonds. The Bertz CT molecular complexity index is 343. The first-order chi connectivity index (χ1) is 9.53. The Morgan fingerprint density at radius 1 is 1.20 bits per heavy atom. The number of ether oxygens (including phenoxy) is 2. The molecule has 0 radical (unpaired) electrons.